The molecular formula is C26H33ClN4O2. The maximum Gasteiger partial charge on any atom is 0.245 e. The molecule has 33 heavy (non-hydrogen) atoms. The van der Waals surface area contributed by atoms with E-state index < -0.39 is 6.04 Å². The summed E-state index contributed by atoms with van der Waals surface area (Å²) < 4.78 is 0. The molecule has 176 valence electrons. The van der Waals surface area contributed by atoms with Crippen LogP contribution in [-0.2, 0) is 16.0 Å². The van der Waals surface area contributed by atoms with Gasteiger partial charge in [0.25, 0.3) is 0 Å². The summed E-state index contributed by atoms with van der Waals surface area (Å²) in [7, 11) is 1.95. The standard InChI is InChI=1S/C26H33ClN4O2/c1-28-22-6-3-2-5-21(22)19-12-15-31(16-13-19)26(33)24(17-18-8-10-20(27)11-9-18)30-25(32)23-7-4-14-29-23/h2-3,5-6,8-11,19,23-24,28-29H,4,7,12-17H2,1H3,(H,30,32)/t23-,24+/m0/s1. The van der Waals surface area contributed by atoms with E-state index >= 15 is 0 Å². The number of nitrogens with one attached hydrogen (secondary N) is 3. The summed E-state index contributed by atoms with van der Waals surface area (Å²) in [4.78, 5) is 28.3. The van der Waals surface area contributed by atoms with E-state index in [1.165, 1.54) is 5.56 Å². The smallest absolute Gasteiger partial charge is 0.245 e. The van der Waals surface area contributed by atoms with Crippen LogP contribution in [0.4, 0.5) is 5.69 Å². The average molecular weight is 469 g/mol. The van der Waals surface area contributed by atoms with Crippen LogP contribution in [0.1, 0.15) is 42.7 Å². The van der Waals surface area contributed by atoms with Gasteiger partial charge in [-0.2, -0.15) is 0 Å². The second-order valence-electron chi connectivity index (χ2n) is 8.98. The average Bonchev–Trinajstić information content (AvgIpc) is 3.40. The van der Waals surface area contributed by atoms with Crippen LogP contribution in [0.25, 0.3) is 0 Å². The minimum Gasteiger partial charge on any atom is -0.388 e. The van der Waals surface area contributed by atoms with Gasteiger partial charge in [0.2, 0.25) is 11.8 Å². The topological polar surface area (TPSA) is 73.5 Å². The number of benzene rings is 2. The minimum atomic E-state index is -0.581. The molecule has 0 saturated carbocycles. The van der Waals surface area contributed by atoms with Crippen molar-refractivity contribution < 1.29 is 9.59 Å². The zero-order valence-corrected chi connectivity index (χ0v) is 19.9. The van der Waals surface area contributed by atoms with E-state index in [1.54, 1.807) is 0 Å². The van der Waals surface area contributed by atoms with Crippen molar-refractivity contribution in [1.82, 2.24) is 15.5 Å². The fourth-order valence-electron chi connectivity index (χ4n) is 4.95. The number of piperidine rings is 1. The molecule has 0 bridgehead atoms. The molecule has 6 nitrogen and oxygen atoms in total. The summed E-state index contributed by atoms with van der Waals surface area (Å²) in [6.45, 7) is 2.22. The number of rotatable bonds is 7. The number of hydrogen-bond acceptors (Lipinski definition) is 4. The van der Waals surface area contributed by atoms with Gasteiger partial charge < -0.3 is 20.9 Å². The molecule has 2 aromatic rings. The number of para-hydroxylation sites is 1. The molecule has 2 atom stereocenters. The Morgan fingerprint density at radius 3 is 2.48 bits per heavy atom. The van der Waals surface area contributed by atoms with Crippen molar-refractivity contribution in [3.63, 3.8) is 0 Å². The van der Waals surface area contributed by atoms with Gasteiger partial charge in [-0.1, -0.05) is 41.9 Å². The number of anilines is 1. The molecule has 2 aliphatic rings. The highest BCUT2D eigenvalue weighted by atomic mass is 35.5. The molecule has 0 aliphatic carbocycles. The molecule has 7 heteroatoms. The summed E-state index contributed by atoms with van der Waals surface area (Å²) in [5.41, 5.74) is 3.44. The molecule has 2 heterocycles. The van der Waals surface area contributed by atoms with E-state index in [4.69, 9.17) is 11.6 Å². The highest BCUT2D eigenvalue weighted by Crippen LogP contribution is 2.33. The lowest BCUT2D eigenvalue weighted by atomic mass is 9.88. The van der Waals surface area contributed by atoms with E-state index in [9.17, 15) is 9.59 Å². The molecule has 0 aromatic heterocycles. The maximum atomic E-state index is 13.5. The monoisotopic (exact) mass is 468 g/mol. The zero-order valence-electron chi connectivity index (χ0n) is 19.1. The largest absolute Gasteiger partial charge is 0.388 e. The first-order valence-electron chi connectivity index (χ1n) is 11.9. The van der Waals surface area contributed by atoms with Crippen LogP contribution in [0.3, 0.4) is 0 Å². The van der Waals surface area contributed by atoms with Crippen molar-refractivity contribution in [3.8, 4) is 0 Å². The van der Waals surface area contributed by atoms with Crippen molar-refractivity contribution in [2.45, 2.75) is 50.1 Å². The molecular weight excluding hydrogens is 436 g/mol. The lowest BCUT2D eigenvalue weighted by Crippen LogP contribution is -2.54. The summed E-state index contributed by atoms with van der Waals surface area (Å²) >= 11 is 6.03. The second kappa shape index (κ2) is 11.0. The van der Waals surface area contributed by atoms with Crippen LogP contribution < -0.4 is 16.0 Å². The van der Waals surface area contributed by atoms with Crippen molar-refractivity contribution >= 4 is 29.1 Å². The lowest BCUT2D eigenvalue weighted by molar-refractivity contribution is -0.137. The van der Waals surface area contributed by atoms with Crippen LogP contribution in [0.15, 0.2) is 48.5 Å². The molecule has 2 amide bonds. The molecule has 4 rings (SSSR count). The van der Waals surface area contributed by atoms with Gasteiger partial charge in [-0.25, -0.2) is 0 Å². The Hall–Kier alpha value is -2.57. The minimum absolute atomic E-state index is 0.00310. The molecule has 0 unspecified atom stereocenters. The Kier molecular flexibility index (Phi) is 7.89. The summed E-state index contributed by atoms with van der Waals surface area (Å²) in [6.07, 6.45) is 4.07. The fourth-order valence-corrected chi connectivity index (χ4v) is 5.07. The first-order chi connectivity index (χ1) is 16.0. The van der Waals surface area contributed by atoms with Gasteiger partial charge in [0.15, 0.2) is 0 Å². The maximum absolute atomic E-state index is 13.5. The third-order valence-electron chi connectivity index (χ3n) is 6.82. The summed E-state index contributed by atoms with van der Waals surface area (Å²) in [6, 6.07) is 15.1. The quantitative estimate of drug-likeness (QED) is 0.580. The molecule has 2 fully saturated rings. The SMILES string of the molecule is CNc1ccccc1C1CCN(C(=O)[C@@H](Cc2ccc(Cl)cc2)NC(=O)[C@@H]2CCCN2)CC1. The Bertz CT molecular complexity index is 951. The van der Waals surface area contributed by atoms with Gasteiger partial charge in [0.1, 0.15) is 6.04 Å². The highest BCUT2D eigenvalue weighted by molar-refractivity contribution is 6.30. The van der Waals surface area contributed by atoms with E-state index in [0.29, 0.717) is 30.5 Å². The van der Waals surface area contributed by atoms with Crippen molar-refractivity contribution in [2.24, 2.45) is 0 Å². The van der Waals surface area contributed by atoms with Crippen LogP contribution in [0.5, 0.6) is 0 Å². The molecule has 0 radical (unpaired) electrons. The van der Waals surface area contributed by atoms with Crippen LogP contribution in [0.2, 0.25) is 5.02 Å². The van der Waals surface area contributed by atoms with Gasteiger partial charge >= 0.3 is 0 Å². The normalized spacial score (nSPS) is 19.8. The Labute approximate surface area is 201 Å². The predicted octanol–water partition coefficient (Wildman–Crippen LogP) is 3.57. The van der Waals surface area contributed by atoms with Crippen molar-refractivity contribution in [3.05, 3.63) is 64.7 Å². The Morgan fingerprint density at radius 1 is 1.09 bits per heavy atom. The number of carbonyl (C=O) groups is 2. The molecule has 3 N–H and O–H groups in total. The van der Waals surface area contributed by atoms with Crippen molar-refractivity contribution in [1.29, 1.82) is 0 Å². The number of carbonyl (C=O) groups excluding carboxylic acids is 2. The van der Waals surface area contributed by atoms with Crippen LogP contribution in [-0.4, -0.2) is 55.5 Å². The molecule has 2 aromatic carbocycles. The first-order valence-corrected chi connectivity index (χ1v) is 12.3. The lowest BCUT2D eigenvalue weighted by Gasteiger charge is -2.35. The van der Waals surface area contributed by atoms with Gasteiger partial charge in [-0.3, -0.25) is 9.59 Å². The highest BCUT2D eigenvalue weighted by Gasteiger charge is 2.32. The summed E-state index contributed by atoms with van der Waals surface area (Å²) in [5, 5.41) is 10.2. The summed E-state index contributed by atoms with van der Waals surface area (Å²) in [5.74, 6) is 0.332. The second-order valence-corrected chi connectivity index (χ2v) is 9.41. The van der Waals surface area contributed by atoms with Gasteiger partial charge in [0, 0.05) is 37.3 Å². The predicted molar refractivity (Wildman–Crippen MR) is 133 cm³/mol. The molecule has 0 spiro atoms. The van der Waals surface area contributed by atoms with Gasteiger partial charge in [-0.15, -0.1) is 0 Å². The van der Waals surface area contributed by atoms with E-state index in [1.807, 2.05) is 42.3 Å². The molecule has 2 aliphatic heterocycles. The molecule has 2 saturated heterocycles. The number of nitrogens with zero attached hydrogens (tertiary/aromatic N) is 1. The zero-order chi connectivity index (χ0) is 23.2. The van der Waals surface area contributed by atoms with Crippen molar-refractivity contribution in [2.75, 3.05) is 32.0 Å². The van der Waals surface area contributed by atoms with E-state index in [0.717, 1.165) is 43.5 Å². The van der Waals surface area contributed by atoms with Gasteiger partial charge in [-0.05, 0) is 67.5 Å². The number of amides is 2. The Morgan fingerprint density at radius 2 is 1.82 bits per heavy atom. The third-order valence-corrected chi connectivity index (χ3v) is 7.07. The number of hydrogen-bond donors (Lipinski definition) is 3. The van der Waals surface area contributed by atoms with Gasteiger partial charge in [0.05, 0.1) is 6.04 Å². The number of halogens is 1. The van der Waals surface area contributed by atoms with E-state index in [2.05, 4.69) is 34.1 Å². The first kappa shape index (κ1) is 23.6. The third kappa shape index (κ3) is 5.87. The number of likely N-dealkylation sites (tertiary alicyclic amines) is 1. The Balaban J connectivity index is 1.43. The van der Waals surface area contributed by atoms with E-state index in [-0.39, 0.29) is 17.9 Å². The van der Waals surface area contributed by atoms with Crippen LogP contribution in [0, 0.1) is 0 Å². The van der Waals surface area contributed by atoms with Crippen LogP contribution >= 0.6 is 11.6 Å². The fraction of sp³-hybridized carbons (Fsp3) is 0.462.